The van der Waals surface area contributed by atoms with E-state index in [1.165, 1.54) is 19.3 Å². The second-order valence-corrected chi connectivity index (χ2v) is 6.94. The van der Waals surface area contributed by atoms with Crippen molar-refractivity contribution in [2.45, 2.75) is 53.5 Å². The lowest BCUT2D eigenvalue weighted by molar-refractivity contribution is 0.220. The highest BCUT2D eigenvalue weighted by molar-refractivity contribution is 7.71. The minimum Gasteiger partial charge on any atom is -0.341 e. The van der Waals surface area contributed by atoms with E-state index in [0.29, 0.717) is 5.41 Å². The Morgan fingerprint density at radius 1 is 1.32 bits per heavy atom. The molecule has 1 saturated heterocycles. The number of anilines is 1. The molecule has 1 aromatic heterocycles. The number of nitrogens with one attached hydrogen (secondary N) is 1. The Bertz CT molecular complexity index is 469. The van der Waals surface area contributed by atoms with Crippen molar-refractivity contribution in [1.82, 2.24) is 14.8 Å². The summed E-state index contributed by atoms with van der Waals surface area (Å²) in [6, 6.07) is 0. The van der Waals surface area contributed by atoms with Crippen LogP contribution in [-0.2, 0) is 6.54 Å². The van der Waals surface area contributed by atoms with Gasteiger partial charge in [0.15, 0.2) is 4.77 Å². The third kappa shape index (κ3) is 3.19. The van der Waals surface area contributed by atoms with Gasteiger partial charge >= 0.3 is 0 Å². The summed E-state index contributed by atoms with van der Waals surface area (Å²) in [5.74, 6) is 1.82. The Kier molecular flexibility index (Phi) is 4.33. The monoisotopic (exact) mass is 282 g/mol. The first-order valence-corrected chi connectivity index (χ1v) is 7.74. The first-order valence-electron chi connectivity index (χ1n) is 7.33. The Morgan fingerprint density at radius 2 is 2.05 bits per heavy atom. The van der Waals surface area contributed by atoms with Crippen molar-refractivity contribution >= 4 is 18.2 Å². The van der Waals surface area contributed by atoms with Gasteiger partial charge in [-0.15, -0.1) is 5.10 Å². The molecule has 2 heterocycles. The van der Waals surface area contributed by atoms with Gasteiger partial charge < -0.3 is 4.90 Å². The van der Waals surface area contributed by atoms with Crippen molar-refractivity contribution in [3.05, 3.63) is 4.77 Å². The molecular formula is C14H26N4S. The summed E-state index contributed by atoms with van der Waals surface area (Å²) in [5, 5.41) is 7.33. The van der Waals surface area contributed by atoms with Crippen molar-refractivity contribution in [2.24, 2.45) is 11.3 Å². The van der Waals surface area contributed by atoms with Crippen LogP contribution in [0.15, 0.2) is 0 Å². The zero-order chi connectivity index (χ0) is 14.0. The molecule has 1 N–H and O–H groups in total. The van der Waals surface area contributed by atoms with E-state index < -0.39 is 0 Å². The lowest BCUT2D eigenvalue weighted by atomic mass is 9.77. The van der Waals surface area contributed by atoms with Gasteiger partial charge in [-0.05, 0) is 49.7 Å². The summed E-state index contributed by atoms with van der Waals surface area (Å²) in [4.78, 5) is 2.39. The van der Waals surface area contributed by atoms with Crippen LogP contribution in [0.2, 0.25) is 0 Å². The van der Waals surface area contributed by atoms with E-state index in [9.17, 15) is 0 Å². The minimum absolute atomic E-state index is 0.408. The van der Waals surface area contributed by atoms with Crippen LogP contribution in [0.4, 0.5) is 5.95 Å². The number of aromatic nitrogens is 3. The molecule has 1 atom stereocenters. The van der Waals surface area contributed by atoms with Crippen LogP contribution in [0.3, 0.4) is 0 Å². The number of hydrogen-bond donors (Lipinski definition) is 1. The number of hydrogen-bond acceptors (Lipinski definition) is 3. The van der Waals surface area contributed by atoms with Gasteiger partial charge in [-0.1, -0.05) is 20.8 Å². The molecular weight excluding hydrogens is 256 g/mol. The minimum atomic E-state index is 0.408. The molecule has 0 aromatic carbocycles. The Hall–Kier alpha value is -0.840. The summed E-state index contributed by atoms with van der Waals surface area (Å²) in [6.07, 6.45) is 3.80. The predicted molar refractivity (Wildman–Crippen MR) is 82.1 cm³/mol. The van der Waals surface area contributed by atoms with Crippen LogP contribution in [0.1, 0.15) is 47.0 Å². The molecule has 1 aliphatic rings. The van der Waals surface area contributed by atoms with Crippen LogP contribution in [0.25, 0.3) is 0 Å². The maximum atomic E-state index is 5.28. The van der Waals surface area contributed by atoms with E-state index in [1.54, 1.807) is 0 Å². The molecule has 1 aliphatic heterocycles. The Balaban J connectivity index is 2.13. The molecule has 0 saturated carbocycles. The molecule has 0 aliphatic carbocycles. The van der Waals surface area contributed by atoms with Crippen LogP contribution in [0, 0.1) is 16.1 Å². The number of aromatic amines is 1. The molecule has 19 heavy (non-hydrogen) atoms. The maximum absolute atomic E-state index is 5.28. The van der Waals surface area contributed by atoms with E-state index >= 15 is 0 Å². The zero-order valence-electron chi connectivity index (χ0n) is 12.6. The quantitative estimate of drug-likeness (QED) is 0.842. The van der Waals surface area contributed by atoms with Crippen molar-refractivity contribution in [1.29, 1.82) is 0 Å². The number of nitrogens with zero attached hydrogens (tertiary/aromatic N) is 3. The second-order valence-electron chi connectivity index (χ2n) is 6.55. The molecule has 0 amide bonds. The van der Waals surface area contributed by atoms with Crippen LogP contribution >= 0.6 is 12.2 Å². The summed E-state index contributed by atoms with van der Waals surface area (Å²) in [7, 11) is 0. The smallest absolute Gasteiger partial charge is 0.225 e. The van der Waals surface area contributed by atoms with Crippen molar-refractivity contribution in [2.75, 3.05) is 18.0 Å². The van der Waals surface area contributed by atoms with Crippen LogP contribution in [0.5, 0.6) is 0 Å². The van der Waals surface area contributed by atoms with Crippen molar-refractivity contribution in [3.8, 4) is 0 Å². The van der Waals surface area contributed by atoms with Gasteiger partial charge in [-0.25, -0.2) is 5.10 Å². The third-order valence-corrected chi connectivity index (χ3v) is 4.60. The van der Waals surface area contributed by atoms with E-state index in [4.69, 9.17) is 12.2 Å². The molecule has 0 bridgehead atoms. The summed E-state index contributed by atoms with van der Waals surface area (Å²) in [5.41, 5.74) is 0.408. The summed E-state index contributed by atoms with van der Waals surface area (Å²) >= 11 is 5.28. The lowest BCUT2D eigenvalue weighted by Gasteiger charge is -2.29. The predicted octanol–water partition coefficient (Wildman–Crippen LogP) is 3.61. The fourth-order valence-corrected chi connectivity index (χ4v) is 3.25. The SMILES string of the molecule is CCn1c(N2CCCC(C(C)(C)C)CC2)n[nH]c1=S. The lowest BCUT2D eigenvalue weighted by Crippen LogP contribution is -2.28. The van der Waals surface area contributed by atoms with E-state index in [0.717, 1.165) is 36.3 Å². The first-order chi connectivity index (χ1) is 8.93. The van der Waals surface area contributed by atoms with Gasteiger partial charge in [0.2, 0.25) is 5.95 Å². The summed E-state index contributed by atoms with van der Waals surface area (Å²) in [6.45, 7) is 12.2. The van der Waals surface area contributed by atoms with E-state index in [2.05, 4.69) is 47.4 Å². The molecule has 1 unspecified atom stereocenters. The molecule has 108 valence electrons. The molecule has 0 spiro atoms. The van der Waals surface area contributed by atoms with Crippen molar-refractivity contribution in [3.63, 3.8) is 0 Å². The molecule has 0 radical (unpaired) electrons. The van der Waals surface area contributed by atoms with E-state index in [-0.39, 0.29) is 0 Å². The normalized spacial score (nSPS) is 21.5. The van der Waals surface area contributed by atoms with Gasteiger partial charge in [-0.2, -0.15) is 0 Å². The zero-order valence-corrected chi connectivity index (χ0v) is 13.4. The summed E-state index contributed by atoms with van der Waals surface area (Å²) < 4.78 is 2.82. The third-order valence-electron chi connectivity index (χ3n) is 4.29. The topological polar surface area (TPSA) is 36.9 Å². The fourth-order valence-electron chi connectivity index (χ4n) is 3.00. The Labute approximate surface area is 121 Å². The standard InChI is InChI=1S/C14H26N4S/c1-5-18-12(15-16-13(18)19)17-9-6-7-11(8-10-17)14(2,3)4/h11H,5-10H2,1-4H3,(H,16,19). The molecule has 1 fully saturated rings. The number of rotatable bonds is 2. The van der Waals surface area contributed by atoms with Crippen LogP contribution < -0.4 is 4.90 Å². The molecule has 2 rings (SSSR count). The highest BCUT2D eigenvalue weighted by atomic mass is 32.1. The van der Waals surface area contributed by atoms with Gasteiger partial charge in [0.25, 0.3) is 0 Å². The number of H-pyrrole nitrogens is 1. The molecule has 5 heteroatoms. The van der Waals surface area contributed by atoms with E-state index in [1.807, 2.05) is 0 Å². The largest absolute Gasteiger partial charge is 0.341 e. The average molecular weight is 282 g/mol. The van der Waals surface area contributed by atoms with Crippen molar-refractivity contribution < 1.29 is 0 Å². The van der Waals surface area contributed by atoms with Crippen LogP contribution in [-0.4, -0.2) is 27.9 Å². The first kappa shape index (κ1) is 14.6. The molecule has 4 nitrogen and oxygen atoms in total. The van der Waals surface area contributed by atoms with Gasteiger partial charge in [0.1, 0.15) is 0 Å². The van der Waals surface area contributed by atoms with Gasteiger partial charge in [-0.3, -0.25) is 4.57 Å². The molecule has 1 aromatic rings. The fraction of sp³-hybridized carbons (Fsp3) is 0.857. The highest BCUT2D eigenvalue weighted by Crippen LogP contribution is 2.34. The van der Waals surface area contributed by atoms with Gasteiger partial charge in [0.05, 0.1) is 0 Å². The second kappa shape index (κ2) is 5.65. The highest BCUT2D eigenvalue weighted by Gasteiger charge is 2.28. The maximum Gasteiger partial charge on any atom is 0.225 e. The average Bonchev–Trinajstić information content (AvgIpc) is 2.57. The van der Waals surface area contributed by atoms with Gasteiger partial charge in [0, 0.05) is 19.6 Å². The Morgan fingerprint density at radius 3 is 2.68 bits per heavy atom.